The van der Waals surface area contributed by atoms with Crippen molar-refractivity contribution in [2.75, 3.05) is 20.2 Å². The topological polar surface area (TPSA) is 30.5 Å². The third-order valence-corrected chi connectivity index (χ3v) is 3.96. The quantitative estimate of drug-likeness (QED) is 0.806. The van der Waals surface area contributed by atoms with Gasteiger partial charge < -0.3 is 14.8 Å². The third-order valence-electron chi connectivity index (χ3n) is 3.96. The van der Waals surface area contributed by atoms with Crippen LogP contribution in [-0.2, 0) is 6.42 Å². The Kier molecular flexibility index (Phi) is 2.71. The van der Waals surface area contributed by atoms with Gasteiger partial charge in [0.15, 0.2) is 0 Å². The normalized spacial score (nSPS) is 21.7. The Labute approximate surface area is 102 Å². The number of fused-ring (bicyclic) bond motifs is 1. The lowest BCUT2D eigenvalue weighted by Crippen LogP contribution is -2.48. The maximum Gasteiger partial charge on any atom is 0.123 e. The van der Waals surface area contributed by atoms with Crippen molar-refractivity contribution in [3.63, 3.8) is 0 Å². The number of methoxy groups -OCH3 is 1. The van der Waals surface area contributed by atoms with Crippen molar-refractivity contribution in [3.8, 4) is 11.5 Å². The van der Waals surface area contributed by atoms with Gasteiger partial charge in [-0.15, -0.1) is 0 Å². The van der Waals surface area contributed by atoms with E-state index in [2.05, 4.69) is 17.4 Å². The summed E-state index contributed by atoms with van der Waals surface area (Å²) in [7, 11) is 1.71. The molecule has 1 aromatic rings. The number of piperidine rings is 1. The number of aryl methyl sites for hydroxylation is 1. The zero-order valence-electron chi connectivity index (χ0n) is 10.3. The molecule has 0 atom stereocenters. The summed E-state index contributed by atoms with van der Waals surface area (Å²) in [5, 5.41) is 3.40. The largest absolute Gasteiger partial charge is 0.497 e. The molecule has 92 valence electrons. The molecule has 0 unspecified atom stereocenters. The van der Waals surface area contributed by atoms with Gasteiger partial charge in [0.1, 0.15) is 17.1 Å². The van der Waals surface area contributed by atoms with E-state index in [0.717, 1.165) is 50.3 Å². The van der Waals surface area contributed by atoms with Crippen molar-refractivity contribution < 1.29 is 9.47 Å². The minimum atomic E-state index is 0.0901. The first-order valence-electron chi connectivity index (χ1n) is 6.38. The number of nitrogens with one attached hydrogen (secondary N) is 1. The van der Waals surface area contributed by atoms with Gasteiger partial charge in [-0.25, -0.2) is 0 Å². The summed E-state index contributed by atoms with van der Waals surface area (Å²) in [5.41, 5.74) is 1.38. The lowest BCUT2D eigenvalue weighted by Gasteiger charge is -2.41. The molecule has 0 aliphatic carbocycles. The third kappa shape index (κ3) is 2.00. The molecule has 1 N–H and O–H groups in total. The molecule has 2 heterocycles. The molecular weight excluding hydrogens is 214 g/mol. The fourth-order valence-corrected chi connectivity index (χ4v) is 2.86. The minimum absolute atomic E-state index is 0.0901. The highest BCUT2D eigenvalue weighted by molar-refractivity contribution is 5.42. The van der Waals surface area contributed by atoms with Gasteiger partial charge in [-0.1, -0.05) is 0 Å². The van der Waals surface area contributed by atoms with Crippen LogP contribution in [0, 0.1) is 0 Å². The van der Waals surface area contributed by atoms with Crippen molar-refractivity contribution in [2.24, 2.45) is 0 Å². The number of benzene rings is 1. The molecule has 1 spiro atoms. The van der Waals surface area contributed by atoms with Crippen LogP contribution < -0.4 is 14.8 Å². The summed E-state index contributed by atoms with van der Waals surface area (Å²) in [6, 6.07) is 6.14. The molecule has 17 heavy (non-hydrogen) atoms. The summed E-state index contributed by atoms with van der Waals surface area (Å²) < 4.78 is 11.5. The first-order chi connectivity index (χ1) is 8.31. The average Bonchev–Trinajstić information content (AvgIpc) is 2.39. The molecule has 3 rings (SSSR count). The summed E-state index contributed by atoms with van der Waals surface area (Å²) in [4.78, 5) is 0. The Balaban J connectivity index is 1.85. The molecule has 0 bridgehead atoms. The van der Waals surface area contributed by atoms with Gasteiger partial charge in [0.25, 0.3) is 0 Å². The first-order valence-corrected chi connectivity index (χ1v) is 6.38. The number of ether oxygens (including phenoxy) is 2. The monoisotopic (exact) mass is 233 g/mol. The van der Waals surface area contributed by atoms with Crippen molar-refractivity contribution in [2.45, 2.75) is 31.3 Å². The maximum absolute atomic E-state index is 6.26. The molecule has 2 aliphatic heterocycles. The highest BCUT2D eigenvalue weighted by Gasteiger charge is 2.37. The van der Waals surface area contributed by atoms with Crippen LogP contribution in [0.5, 0.6) is 11.5 Å². The van der Waals surface area contributed by atoms with Crippen LogP contribution in [0.1, 0.15) is 24.8 Å². The van der Waals surface area contributed by atoms with Crippen LogP contribution in [0.15, 0.2) is 18.2 Å². The molecule has 3 heteroatoms. The second-order valence-corrected chi connectivity index (χ2v) is 5.01. The minimum Gasteiger partial charge on any atom is -0.497 e. The lowest BCUT2D eigenvalue weighted by molar-refractivity contribution is 0.0169. The van der Waals surface area contributed by atoms with Crippen LogP contribution >= 0.6 is 0 Å². The SMILES string of the molecule is COc1ccc2c(c1)CCC1(CCNCC1)O2. The van der Waals surface area contributed by atoms with Gasteiger partial charge in [-0.3, -0.25) is 0 Å². The van der Waals surface area contributed by atoms with E-state index < -0.39 is 0 Å². The smallest absolute Gasteiger partial charge is 0.123 e. The van der Waals surface area contributed by atoms with Crippen LogP contribution in [0.25, 0.3) is 0 Å². The number of hydrogen-bond acceptors (Lipinski definition) is 3. The fraction of sp³-hybridized carbons (Fsp3) is 0.571. The Hall–Kier alpha value is -1.22. The zero-order chi connectivity index (χ0) is 11.7. The van der Waals surface area contributed by atoms with Crippen LogP contribution in [-0.4, -0.2) is 25.8 Å². The summed E-state index contributed by atoms with van der Waals surface area (Å²) in [5.74, 6) is 1.98. The molecule has 0 amide bonds. The lowest BCUT2D eigenvalue weighted by atomic mass is 9.84. The molecular formula is C14H19NO2. The standard InChI is InChI=1S/C14H19NO2/c1-16-12-2-3-13-11(10-12)4-5-14(17-13)6-8-15-9-7-14/h2-3,10,15H,4-9H2,1H3. The van der Waals surface area contributed by atoms with E-state index in [9.17, 15) is 0 Å². The van der Waals surface area contributed by atoms with Crippen LogP contribution in [0.2, 0.25) is 0 Å². The Bertz CT molecular complexity index is 411. The molecule has 0 aromatic heterocycles. The Morgan fingerprint density at radius 1 is 1.24 bits per heavy atom. The predicted octanol–water partition coefficient (Wildman–Crippen LogP) is 2.14. The van der Waals surface area contributed by atoms with Crippen molar-refractivity contribution >= 4 is 0 Å². The van der Waals surface area contributed by atoms with Gasteiger partial charge in [-0.2, -0.15) is 0 Å². The summed E-state index contributed by atoms with van der Waals surface area (Å²) >= 11 is 0. The zero-order valence-corrected chi connectivity index (χ0v) is 10.3. The summed E-state index contributed by atoms with van der Waals surface area (Å²) in [6.07, 6.45) is 4.48. The summed E-state index contributed by atoms with van der Waals surface area (Å²) in [6.45, 7) is 2.15. The second kappa shape index (κ2) is 4.22. The molecule has 0 saturated carbocycles. The Morgan fingerprint density at radius 2 is 2.06 bits per heavy atom. The Morgan fingerprint density at radius 3 is 2.82 bits per heavy atom. The molecule has 3 nitrogen and oxygen atoms in total. The van der Waals surface area contributed by atoms with E-state index in [1.807, 2.05) is 6.07 Å². The van der Waals surface area contributed by atoms with E-state index in [1.54, 1.807) is 7.11 Å². The molecule has 1 fully saturated rings. The maximum atomic E-state index is 6.26. The molecule has 1 saturated heterocycles. The number of hydrogen-bond donors (Lipinski definition) is 1. The molecule has 2 aliphatic rings. The second-order valence-electron chi connectivity index (χ2n) is 5.01. The van der Waals surface area contributed by atoms with E-state index in [-0.39, 0.29) is 5.60 Å². The van der Waals surface area contributed by atoms with Crippen molar-refractivity contribution in [1.29, 1.82) is 0 Å². The molecule has 1 aromatic carbocycles. The van der Waals surface area contributed by atoms with Gasteiger partial charge in [0.2, 0.25) is 0 Å². The van der Waals surface area contributed by atoms with Gasteiger partial charge in [0.05, 0.1) is 7.11 Å². The fourth-order valence-electron chi connectivity index (χ4n) is 2.86. The predicted molar refractivity (Wildman–Crippen MR) is 66.8 cm³/mol. The van der Waals surface area contributed by atoms with Crippen LogP contribution in [0.3, 0.4) is 0 Å². The van der Waals surface area contributed by atoms with E-state index in [1.165, 1.54) is 5.56 Å². The van der Waals surface area contributed by atoms with Gasteiger partial charge in [-0.05, 0) is 62.5 Å². The van der Waals surface area contributed by atoms with Gasteiger partial charge >= 0.3 is 0 Å². The van der Waals surface area contributed by atoms with Crippen molar-refractivity contribution in [1.82, 2.24) is 5.32 Å². The van der Waals surface area contributed by atoms with Crippen LogP contribution in [0.4, 0.5) is 0 Å². The average molecular weight is 233 g/mol. The van der Waals surface area contributed by atoms with E-state index in [0.29, 0.717) is 0 Å². The highest BCUT2D eigenvalue weighted by Crippen LogP contribution is 2.39. The van der Waals surface area contributed by atoms with Crippen molar-refractivity contribution in [3.05, 3.63) is 23.8 Å². The number of rotatable bonds is 1. The van der Waals surface area contributed by atoms with E-state index in [4.69, 9.17) is 9.47 Å². The van der Waals surface area contributed by atoms with E-state index >= 15 is 0 Å². The first kappa shape index (κ1) is 10.9. The van der Waals surface area contributed by atoms with Gasteiger partial charge in [0, 0.05) is 0 Å². The molecule has 0 radical (unpaired) electrons. The highest BCUT2D eigenvalue weighted by atomic mass is 16.5.